The van der Waals surface area contributed by atoms with Gasteiger partial charge in [-0.2, -0.15) is 9.97 Å². The van der Waals surface area contributed by atoms with Gasteiger partial charge < -0.3 is 30.7 Å². The highest BCUT2D eigenvalue weighted by Crippen LogP contribution is 2.35. The number of nitrogens with one attached hydrogen (secondary N) is 3. The molecule has 0 amide bonds. The van der Waals surface area contributed by atoms with Crippen LogP contribution in [0.4, 0.5) is 11.8 Å². The maximum atomic E-state index is 6.13. The van der Waals surface area contributed by atoms with Crippen molar-refractivity contribution >= 4 is 33.8 Å². The minimum atomic E-state index is 0.00103. The van der Waals surface area contributed by atoms with E-state index in [0.717, 1.165) is 64.9 Å². The summed E-state index contributed by atoms with van der Waals surface area (Å²) in [4.78, 5) is 18.1. The molecule has 1 atom stereocenters. The Labute approximate surface area is 211 Å². The number of H-pyrrole nitrogens is 1. The zero-order chi connectivity index (χ0) is 24.6. The number of aromatic amines is 1. The molecule has 6 rings (SSSR count). The lowest BCUT2D eigenvalue weighted by molar-refractivity contribution is 0.410. The predicted molar refractivity (Wildman–Crippen MR) is 144 cm³/mol. The minimum Gasteiger partial charge on any atom is -0.497 e. The van der Waals surface area contributed by atoms with Crippen LogP contribution >= 0.6 is 0 Å². The van der Waals surface area contributed by atoms with Gasteiger partial charge in [-0.1, -0.05) is 12.8 Å². The summed E-state index contributed by atoms with van der Waals surface area (Å²) < 4.78 is 7.73. The van der Waals surface area contributed by atoms with Gasteiger partial charge in [0.05, 0.1) is 19.5 Å². The van der Waals surface area contributed by atoms with Gasteiger partial charge >= 0.3 is 0 Å². The summed E-state index contributed by atoms with van der Waals surface area (Å²) in [5.74, 6) is 2.27. The molecule has 190 valence electrons. The Balaban J connectivity index is 1.35. The maximum absolute atomic E-state index is 6.13. The monoisotopic (exact) mass is 488 g/mol. The maximum Gasteiger partial charge on any atom is 0.227 e. The summed E-state index contributed by atoms with van der Waals surface area (Å²) in [7, 11) is 1.70. The molecule has 9 nitrogen and oxygen atoms in total. The van der Waals surface area contributed by atoms with Crippen LogP contribution in [-0.4, -0.2) is 43.7 Å². The van der Waals surface area contributed by atoms with Gasteiger partial charge in [0.25, 0.3) is 0 Å². The van der Waals surface area contributed by atoms with E-state index >= 15 is 0 Å². The minimum absolute atomic E-state index is 0.00103. The van der Waals surface area contributed by atoms with Crippen molar-refractivity contribution in [3.63, 3.8) is 0 Å². The molecule has 0 bridgehead atoms. The van der Waals surface area contributed by atoms with E-state index < -0.39 is 0 Å². The van der Waals surface area contributed by atoms with Gasteiger partial charge in [0, 0.05) is 35.2 Å². The van der Waals surface area contributed by atoms with Crippen LogP contribution in [0.1, 0.15) is 75.9 Å². The van der Waals surface area contributed by atoms with Crippen LogP contribution in [0.2, 0.25) is 0 Å². The molecule has 0 radical (unpaired) electrons. The normalized spacial score (nSPS) is 21.8. The van der Waals surface area contributed by atoms with Gasteiger partial charge in [0.15, 0.2) is 17.0 Å². The second-order valence-electron chi connectivity index (χ2n) is 10.4. The van der Waals surface area contributed by atoms with Crippen LogP contribution < -0.4 is 21.1 Å². The number of rotatable bonds is 7. The average Bonchev–Trinajstić information content (AvgIpc) is 3.64. The van der Waals surface area contributed by atoms with Gasteiger partial charge in [-0.15, -0.1) is 0 Å². The fourth-order valence-electron chi connectivity index (χ4n) is 5.87. The quantitative estimate of drug-likeness (QED) is 0.279. The van der Waals surface area contributed by atoms with Crippen molar-refractivity contribution in [3.8, 4) is 5.75 Å². The first kappa shape index (κ1) is 23.1. The summed E-state index contributed by atoms with van der Waals surface area (Å²) in [6.45, 7) is 2.15. The number of hydrogen-bond donors (Lipinski definition) is 4. The summed E-state index contributed by atoms with van der Waals surface area (Å²) in [6, 6.07) is 7.21. The number of aromatic nitrogens is 5. The van der Waals surface area contributed by atoms with Crippen molar-refractivity contribution in [3.05, 3.63) is 36.3 Å². The van der Waals surface area contributed by atoms with E-state index in [1.807, 2.05) is 12.4 Å². The molecule has 2 saturated carbocycles. The van der Waals surface area contributed by atoms with Gasteiger partial charge in [-0.3, -0.25) is 0 Å². The van der Waals surface area contributed by atoms with Crippen LogP contribution in [0.5, 0.6) is 5.75 Å². The molecule has 0 saturated heterocycles. The summed E-state index contributed by atoms with van der Waals surface area (Å²) in [5.41, 5.74) is 10.1. The molecule has 0 aliphatic heterocycles. The number of imidazole rings is 1. The third-order valence-electron chi connectivity index (χ3n) is 7.99. The zero-order valence-electron chi connectivity index (χ0n) is 21.1. The van der Waals surface area contributed by atoms with E-state index in [1.54, 1.807) is 7.11 Å². The Morgan fingerprint density at radius 1 is 1.11 bits per heavy atom. The lowest BCUT2D eigenvalue weighted by atomic mass is 9.92. The van der Waals surface area contributed by atoms with E-state index in [9.17, 15) is 0 Å². The molecule has 4 aromatic rings. The summed E-state index contributed by atoms with van der Waals surface area (Å²) in [5, 5.41) is 8.40. The van der Waals surface area contributed by atoms with Crippen LogP contribution in [-0.2, 0) is 0 Å². The van der Waals surface area contributed by atoms with Crippen LogP contribution in [0.25, 0.3) is 22.1 Å². The molecule has 0 spiro atoms. The van der Waals surface area contributed by atoms with Gasteiger partial charge in [-0.05, 0) is 69.2 Å². The standard InChI is InChI=1S/C27H36N8O/c1-16(22-14-29-23-12-11-20(36-2)13-21(22)23)31-25-24-26(35(15-30-24)19-5-3-4-6-19)34-27(33-25)32-18-9-7-17(28)8-10-18/h11-19,29H,3-10,28H2,1-2H3,(H2,31,32,33,34). The Hall–Kier alpha value is -3.33. The number of anilines is 2. The highest BCUT2D eigenvalue weighted by atomic mass is 16.5. The molecule has 3 heterocycles. The van der Waals surface area contributed by atoms with Crippen molar-refractivity contribution < 1.29 is 4.74 Å². The number of benzene rings is 1. The fraction of sp³-hybridized carbons (Fsp3) is 0.519. The SMILES string of the molecule is COc1ccc2[nH]cc(C(C)Nc3nc(NC4CCC(N)CC4)nc4c3ncn4C3CCCC3)c2c1. The van der Waals surface area contributed by atoms with Crippen LogP contribution in [0, 0.1) is 0 Å². The van der Waals surface area contributed by atoms with E-state index in [1.165, 1.54) is 25.7 Å². The third kappa shape index (κ3) is 4.36. The lowest BCUT2D eigenvalue weighted by Gasteiger charge is -2.27. The largest absolute Gasteiger partial charge is 0.497 e. The number of ether oxygens (including phenoxy) is 1. The summed E-state index contributed by atoms with van der Waals surface area (Å²) >= 11 is 0. The van der Waals surface area contributed by atoms with Gasteiger partial charge in [0.1, 0.15) is 5.75 Å². The molecule has 1 aromatic carbocycles. The molecule has 2 aliphatic rings. The second kappa shape index (κ2) is 9.61. The molecule has 2 aliphatic carbocycles. The first-order valence-electron chi connectivity index (χ1n) is 13.3. The summed E-state index contributed by atoms with van der Waals surface area (Å²) in [6.07, 6.45) is 13.0. The van der Waals surface area contributed by atoms with Crippen molar-refractivity contribution in [1.82, 2.24) is 24.5 Å². The van der Waals surface area contributed by atoms with Crippen LogP contribution in [0.3, 0.4) is 0 Å². The Bertz CT molecular complexity index is 1350. The van der Waals surface area contributed by atoms with E-state index in [4.69, 9.17) is 25.4 Å². The smallest absolute Gasteiger partial charge is 0.227 e. The number of hydrogen-bond acceptors (Lipinski definition) is 7. The molecule has 3 aromatic heterocycles. The van der Waals surface area contributed by atoms with E-state index in [2.05, 4.69) is 45.4 Å². The van der Waals surface area contributed by atoms with Gasteiger partial charge in [-0.25, -0.2) is 4.98 Å². The first-order valence-corrected chi connectivity index (χ1v) is 13.3. The van der Waals surface area contributed by atoms with Crippen molar-refractivity contribution in [2.24, 2.45) is 5.73 Å². The molecule has 5 N–H and O–H groups in total. The second-order valence-corrected chi connectivity index (χ2v) is 10.4. The fourth-order valence-corrected chi connectivity index (χ4v) is 5.87. The van der Waals surface area contributed by atoms with Crippen molar-refractivity contribution in [2.45, 2.75) is 82.5 Å². The molecule has 36 heavy (non-hydrogen) atoms. The highest BCUT2D eigenvalue weighted by molar-refractivity contribution is 5.87. The van der Waals surface area contributed by atoms with Crippen molar-refractivity contribution in [2.75, 3.05) is 17.7 Å². The molecule has 9 heteroatoms. The number of methoxy groups -OCH3 is 1. The number of fused-ring (bicyclic) bond motifs is 2. The molecule has 1 unspecified atom stereocenters. The number of nitrogens with zero attached hydrogens (tertiary/aromatic N) is 4. The van der Waals surface area contributed by atoms with Crippen molar-refractivity contribution in [1.29, 1.82) is 0 Å². The predicted octanol–water partition coefficient (Wildman–Crippen LogP) is 5.29. The van der Waals surface area contributed by atoms with E-state index in [0.29, 0.717) is 24.1 Å². The zero-order valence-corrected chi connectivity index (χ0v) is 21.1. The Kier molecular flexibility index (Phi) is 6.17. The third-order valence-corrected chi connectivity index (χ3v) is 7.99. The molecular formula is C27H36N8O. The number of nitrogens with two attached hydrogens (primary N) is 1. The Morgan fingerprint density at radius 3 is 2.69 bits per heavy atom. The van der Waals surface area contributed by atoms with Crippen LogP contribution in [0.15, 0.2) is 30.7 Å². The molecular weight excluding hydrogens is 452 g/mol. The Morgan fingerprint density at radius 2 is 1.92 bits per heavy atom. The van der Waals surface area contributed by atoms with Gasteiger partial charge in [0.2, 0.25) is 5.95 Å². The lowest BCUT2D eigenvalue weighted by Crippen LogP contribution is -2.33. The average molecular weight is 489 g/mol. The first-order chi connectivity index (χ1) is 17.6. The topological polar surface area (TPSA) is 119 Å². The van der Waals surface area contributed by atoms with E-state index in [-0.39, 0.29) is 6.04 Å². The molecule has 2 fully saturated rings. The highest BCUT2D eigenvalue weighted by Gasteiger charge is 2.25.